The first-order chi connectivity index (χ1) is 13.6. The van der Waals surface area contributed by atoms with E-state index in [1.807, 2.05) is 17.0 Å². The maximum atomic E-state index is 13.1. The Hall–Kier alpha value is -2.50. The molecule has 6 heteroatoms. The van der Waals surface area contributed by atoms with E-state index in [0.717, 1.165) is 56.7 Å². The van der Waals surface area contributed by atoms with Gasteiger partial charge in [0.25, 0.3) is 0 Å². The van der Waals surface area contributed by atoms with Crippen LogP contribution in [0, 0.1) is 11.7 Å². The molecule has 0 radical (unpaired) electrons. The highest BCUT2D eigenvalue weighted by atomic mass is 19.1. The second-order valence-electron chi connectivity index (χ2n) is 7.39. The first kappa shape index (κ1) is 20.2. The lowest BCUT2D eigenvalue weighted by Gasteiger charge is -2.35. The normalized spacial score (nSPS) is 16.8. The number of rotatable bonds is 7. The van der Waals surface area contributed by atoms with Crippen molar-refractivity contribution in [2.24, 2.45) is 5.92 Å². The molecule has 1 saturated heterocycles. The van der Waals surface area contributed by atoms with Crippen LogP contribution in [0.4, 0.5) is 10.2 Å². The summed E-state index contributed by atoms with van der Waals surface area (Å²) < 4.78 is 13.1. The van der Waals surface area contributed by atoms with E-state index < -0.39 is 0 Å². The lowest BCUT2D eigenvalue weighted by molar-refractivity contribution is -0.135. The molecule has 1 unspecified atom stereocenters. The Kier molecular flexibility index (Phi) is 6.95. The van der Waals surface area contributed by atoms with Crippen LogP contribution in [0.1, 0.15) is 39.5 Å². The predicted molar refractivity (Wildman–Crippen MR) is 110 cm³/mol. The van der Waals surface area contributed by atoms with Crippen molar-refractivity contribution in [2.75, 3.05) is 31.1 Å². The molecule has 1 aliphatic heterocycles. The number of nitrogens with zero attached hydrogens (tertiary/aromatic N) is 4. The zero-order chi connectivity index (χ0) is 19.9. The standard InChI is InChI=1S/C22H29FN4O/c1-3-13-26(14-4-2)22(28)18-6-5-15-27(16-18)21-12-11-20(24-25-21)17-7-9-19(23)10-8-17/h7-12,18H,3-6,13-16H2,1-2H3. The van der Waals surface area contributed by atoms with Crippen LogP contribution in [0.3, 0.4) is 0 Å². The highest BCUT2D eigenvalue weighted by Crippen LogP contribution is 2.25. The van der Waals surface area contributed by atoms with E-state index in [1.54, 1.807) is 12.1 Å². The fourth-order valence-corrected chi connectivity index (χ4v) is 3.79. The molecule has 5 nitrogen and oxygen atoms in total. The lowest BCUT2D eigenvalue weighted by atomic mass is 9.96. The molecular weight excluding hydrogens is 355 g/mol. The maximum Gasteiger partial charge on any atom is 0.227 e. The molecule has 2 heterocycles. The summed E-state index contributed by atoms with van der Waals surface area (Å²) in [5.74, 6) is 0.813. The van der Waals surface area contributed by atoms with Gasteiger partial charge in [0.05, 0.1) is 11.6 Å². The number of anilines is 1. The quantitative estimate of drug-likeness (QED) is 0.720. The van der Waals surface area contributed by atoms with Crippen molar-refractivity contribution in [3.8, 4) is 11.3 Å². The monoisotopic (exact) mass is 384 g/mol. The Labute approximate surface area is 166 Å². The van der Waals surface area contributed by atoms with Gasteiger partial charge in [-0.2, -0.15) is 0 Å². The SMILES string of the molecule is CCCN(CCC)C(=O)C1CCCN(c2ccc(-c3ccc(F)cc3)nn2)C1. The van der Waals surface area contributed by atoms with Crippen molar-refractivity contribution in [1.82, 2.24) is 15.1 Å². The Bertz CT molecular complexity index is 757. The van der Waals surface area contributed by atoms with Crippen molar-refractivity contribution in [1.29, 1.82) is 0 Å². The van der Waals surface area contributed by atoms with E-state index in [9.17, 15) is 9.18 Å². The van der Waals surface area contributed by atoms with Gasteiger partial charge < -0.3 is 9.80 Å². The highest BCUT2D eigenvalue weighted by molar-refractivity contribution is 5.79. The number of carbonyl (C=O) groups excluding carboxylic acids is 1. The van der Waals surface area contributed by atoms with Crippen LogP contribution in [-0.4, -0.2) is 47.2 Å². The summed E-state index contributed by atoms with van der Waals surface area (Å²) in [7, 11) is 0. The van der Waals surface area contributed by atoms with Gasteiger partial charge >= 0.3 is 0 Å². The minimum Gasteiger partial charge on any atom is -0.354 e. The average molecular weight is 384 g/mol. The highest BCUT2D eigenvalue weighted by Gasteiger charge is 2.29. The molecular formula is C22H29FN4O. The number of halogens is 1. The fourth-order valence-electron chi connectivity index (χ4n) is 3.79. The van der Waals surface area contributed by atoms with E-state index >= 15 is 0 Å². The summed E-state index contributed by atoms with van der Waals surface area (Å²) in [4.78, 5) is 17.1. The van der Waals surface area contributed by atoms with Gasteiger partial charge in [-0.1, -0.05) is 13.8 Å². The Morgan fingerprint density at radius 3 is 2.43 bits per heavy atom. The summed E-state index contributed by atoms with van der Waals surface area (Å²) in [6.45, 7) is 7.46. The lowest BCUT2D eigenvalue weighted by Crippen LogP contribution is -2.45. The molecule has 150 valence electrons. The largest absolute Gasteiger partial charge is 0.354 e. The molecule has 2 aromatic rings. The molecule has 0 bridgehead atoms. The number of piperidine rings is 1. The molecule has 0 aliphatic carbocycles. The molecule has 0 saturated carbocycles. The van der Waals surface area contributed by atoms with Crippen LogP contribution in [0.25, 0.3) is 11.3 Å². The third-order valence-electron chi connectivity index (χ3n) is 5.18. The molecule has 1 aromatic carbocycles. The minimum atomic E-state index is -0.266. The van der Waals surface area contributed by atoms with Crippen LogP contribution in [-0.2, 0) is 4.79 Å². The second-order valence-corrected chi connectivity index (χ2v) is 7.39. The molecule has 1 aromatic heterocycles. The van der Waals surface area contributed by atoms with Gasteiger partial charge in [-0.25, -0.2) is 4.39 Å². The molecule has 1 atom stereocenters. The van der Waals surface area contributed by atoms with Gasteiger partial charge in [-0.05, 0) is 62.1 Å². The first-order valence-electron chi connectivity index (χ1n) is 10.3. The predicted octanol–water partition coefficient (Wildman–Crippen LogP) is 4.15. The molecule has 0 spiro atoms. The van der Waals surface area contributed by atoms with E-state index in [4.69, 9.17) is 0 Å². The van der Waals surface area contributed by atoms with Crippen LogP contribution in [0.2, 0.25) is 0 Å². The maximum absolute atomic E-state index is 13.1. The Morgan fingerprint density at radius 2 is 1.82 bits per heavy atom. The number of hydrogen-bond acceptors (Lipinski definition) is 4. The van der Waals surface area contributed by atoms with Crippen LogP contribution in [0.15, 0.2) is 36.4 Å². The van der Waals surface area contributed by atoms with Crippen molar-refractivity contribution in [3.63, 3.8) is 0 Å². The molecule has 1 aliphatic rings. The number of hydrogen-bond donors (Lipinski definition) is 0. The summed E-state index contributed by atoms with van der Waals surface area (Å²) in [5.41, 5.74) is 1.55. The van der Waals surface area contributed by atoms with Crippen LogP contribution >= 0.6 is 0 Å². The third-order valence-corrected chi connectivity index (χ3v) is 5.18. The van der Waals surface area contributed by atoms with Crippen LogP contribution < -0.4 is 4.90 Å². The van der Waals surface area contributed by atoms with Gasteiger partial charge in [0.15, 0.2) is 5.82 Å². The third kappa shape index (κ3) is 4.86. The summed E-state index contributed by atoms with van der Waals surface area (Å²) in [6.07, 6.45) is 3.88. The molecule has 0 N–H and O–H groups in total. The number of aromatic nitrogens is 2. The van der Waals surface area contributed by atoms with Gasteiger partial charge in [0.2, 0.25) is 5.91 Å². The Morgan fingerprint density at radius 1 is 1.11 bits per heavy atom. The summed E-state index contributed by atoms with van der Waals surface area (Å²) in [5, 5.41) is 8.68. The van der Waals surface area contributed by atoms with Crippen LogP contribution in [0.5, 0.6) is 0 Å². The van der Waals surface area contributed by atoms with Gasteiger partial charge in [0.1, 0.15) is 5.82 Å². The van der Waals surface area contributed by atoms with Gasteiger partial charge in [0, 0.05) is 31.7 Å². The van der Waals surface area contributed by atoms with Crippen molar-refractivity contribution >= 4 is 11.7 Å². The van der Waals surface area contributed by atoms with E-state index in [0.29, 0.717) is 12.2 Å². The fraction of sp³-hybridized carbons (Fsp3) is 0.500. The molecule has 1 fully saturated rings. The smallest absolute Gasteiger partial charge is 0.227 e. The second kappa shape index (κ2) is 9.62. The molecule has 1 amide bonds. The Balaban J connectivity index is 1.68. The average Bonchev–Trinajstić information content (AvgIpc) is 2.74. The van der Waals surface area contributed by atoms with Crippen molar-refractivity contribution in [2.45, 2.75) is 39.5 Å². The zero-order valence-electron chi connectivity index (χ0n) is 16.8. The van der Waals surface area contributed by atoms with E-state index in [2.05, 4.69) is 28.9 Å². The first-order valence-corrected chi connectivity index (χ1v) is 10.3. The molecule has 28 heavy (non-hydrogen) atoms. The summed E-state index contributed by atoms with van der Waals surface area (Å²) >= 11 is 0. The minimum absolute atomic E-state index is 0.0189. The van der Waals surface area contributed by atoms with Crippen molar-refractivity contribution < 1.29 is 9.18 Å². The van der Waals surface area contributed by atoms with E-state index in [-0.39, 0.29) is 17.6 Å². The number of carbonyl (C=O) groups is 1. The van der Waals surface area contributed by atoms with Crippen molar-refractivity contribution in [3.05, 3.63) is 42.2 Å². The number of amides is 1. The zero-order valence-corrected chi connectivity index (χ0v) is 16.8. The van der Waals surface area contributed by atoms with E-state index in [1.165, 1.54) is 12.1 Å². The van der Waals surface area contributed by atoms with Gasteiger partial charge in [-0.3, -0.25) is 4.79 Å². The topological polar surface area (TPSA) is 49.3 Å². The molecule has 3 rings (SSSR count). The van der Waals surface area contributed by atoms with Gasteiger partial charge in [-0.15, -0.1) is 10.2 Å². The summed E-state index contributed by atoms with van der Waals surface area (Å²) in [6, 6.07) is 10.1. The number of benzene rings is 1.